The maximum atomic E-state index is 12.7. The van der Waals surface area contributed by atoms with E-state index in [9.17, 15) is 4.79 Å². The first-order valence-electron chi connectivity index (χ1n) is 8.05. The molecule has 0 aromatic heterocycles. The molecule has 1 saturated heterocycles. The number of likely N-dealkylation sites (tertiary alicyclic amines) is 1. The van der Waals surface area contributed by atoms with Gasteiger partial charge in [0, 0.05) is 6.54 Å². The summed E-state index contributed by atoms with van der Waals surface area (Å²) in [4.78, 5) is 14.8. The van der Waals surface area contributed by atoms with Crippen LogP contribution in [0.2, 0.25) is 0 Å². The molecule has 1 aliphatic rings. The van der Waals surface area contributed by atoms with Gasteiger partial charge in [-0.25, -0.2) is 0 Å². The Morgan fingerprint density at radius 2 is 1.82 bits per heavy atom. The van der Waals surface area contributed by atoms with Crippen LogP contribution in [0.4, 0.5) is 0 Å². The largest absolute Gasteiger partial charge is 0.335 e. The van der Waals surface area contributed by atoms with Crippen molar-refractivity contribution in [1.82, 2.24) is 4.90 Å². The zero-order valence-electron chi connectivity index (χ0n) is 13.4. The molecular formula is C20H23NO. The average Bonchev–Trinajstić information content (AvgIpc) is 3.00. The molecule has 1 fully saturated rings. The number of nitrogens with zero attached hydrogens (tertiary/aromatic N) is 1. The van der Waals surface area contributed by atoms with Crippen LogP contribution in [0.15, 0.2) is 48.5 Å². The van der Waals surface area contributed by atoms with Crippen molar-refractivity contribution in [2.24, 2.45) is 0 Å². The molecule has 1 atom stereocenters. The van der Waals surface area contributed by atoms with Crippen molar-refractivity contribution in [3.63, 3.8) is 0 Å². The fourth-order valence-corrected chi connectivity index (χ4v) is 3.27. The lowest BCUT2D eigenvalue weighted by Gasteiger charge is -2.25. The molecule has 2 aromatic rings. The lowest BCUT2D eigenvalue weighted by molar-refractivity contribution is -0.131. The van der Waals surface area contributed by atoms with Crippen LogP contribution in [-0.2, 0) is 11.2 Å². The zero-order valence-corrected chi connectivity index (χ0v) is 13.4. The third-order valence-corrected chi connectivity index (χ3v) is 4.64. The van der Waals surface area contributed by atoms with Gasteiger partial charge >= 0.3 is 0 Å². The molecular weight excluding hydrogens is 270 g/mol. The van der Waals surface area contributed by atoms with Gasteiger partial charge in [0.1, 0.15) is 0 Å². The molecule has 0 N–H and O–H groups in total. The summed E-state index contributed by atoms with van der Waals surface area (Å²) >= 11 is 0. The van der Waals surface area contributed by atoms with Crippen LogP contribution in [0, 0.1) is 13.8 Å². The average molecular weight is 293 g/mol. The summed E-state index contributed by atoms with van der Waals surface area (Å²) < 4.78 is 0. The minimum absolute atomic E-state index is 0.247. The van der Waals surface area contributed by atoms with Crippen LogP contribution in [0.1, 0.15) is 41.1 Å². The Labute approximate surface area is 132 Å². The third-order valence-electron chi connectivity index (χ3n) is 4.64. The van der Waals surface area contributed by atoms with Crippen molar-refractivity contribution in [1.29, 1.82) is 0 Å². The first kappa shape index (κ1) is 14.8. The molecule has 0 spiro atoms. The van der Waals surface area contributed by atoms with Gasteiger partial charge in [-0.2, -0.15) is 0 Å². The molecule has 0 bridgehead atoms. The molecule has 22 heavy (non-hydrogen) atoms. The van der Waals surface area contributed by atoms with Crippen molar-refractivity contribution in [2.75, 3.05) is 6.54 Å². The number of amides is 1. The van der Waals surface area contributed by atoms with Gasteiger partial charge in [0.05, 0.1) is 12.5 Å². The molecule has 2 nitrogen and oxygen atoms in total. The van der Waals surface area contributed by atoms with Crippen molar-refractivity contribution >= 4 is 5.91 Å². The number of benzene rings is 2. The summed E-state index contributed by atoms with van der Waals surface area (Å²) in [5, 5.41) is 0. The highest BCUT2D eigenvalue weighted by Crippen LogP contribution is 2.32. The molecule has 1 aliphatic heterocycles. The van der Waals surface area contributed by atoms with E-state index < -0.39 is 0 Å². The number of carbonyl (C=O) groups is 1. The summed E-state index contributed by atoms with van der Waals surface area (Å²) in [7, 11) is 0. The standard InChI is InChI=1S/C20H23NO/c1-15-9-11-17(12-10-15)19-8-5-13-21(19)20(22)14-18-7-4-3-6-16(18)2/h3-4,6-7,9-12,19H,5,8,13-14H2,1-2H3. The molecule has 1 heterocycles. The molecule has 1 unspecified atom stereocenters. The lowest BCUT2D eigenvalue weighted by atomic mass is 10.0. The van der Waals surface area contributed by atoms with Crippen LogP contribution < -0.4 is 0 Å². The van der Waals surface area contributed by atoms with E-state index in [4.69, 9.17) is 0 Å². The van der Waals surface area contributed by atoms with E-state index in [1.54, 1.807) is 0 Å². The van der Waals surface area contributed by atoms with E-state index in [1.807, 2.05) is 12.1 Å². The van der Waals surface area contributed by atoms with Gasteiger partial charge in [-0.05, 0) is 43.4 Å². The monoisotopic (exact) mass is 293 g/mol. The Kier molecular flexibility index (Phi) is 4.28. The normalized spacial score (nSPS) is 17.7. The predicted octanol–water partition coefficient (Wildman–Crippen LogP) is 4.21. The number of carbonyl (C=O) groups excluding carboxylic acids is 1. The van der Waals surface area contributed by atoms with Crippen LogP contribution >= 0.6 is 0 Å². The fourth-order valence-electron chi connectivity index (χ4n) is 3.27. The quantitative estimate of drug-likeness (QED) is 0.830. The van der Waals surface area contributed by atoms with Crippen molar-refractivity contribution in [3.8, 4) is 0 Å². The summed E-state index contributed by atoms with van der Waals surface area (Å²) in [5.41, 5.74) is 4.87. The Morgan fingerprint density at radius 3 is 2.55 bits per heavy atom. The minimum atomic E-state index is 0.247. The molecule has 1 amide bonds. The summed E-state index contributed by atoms with van der Waals surface area (Å²) in [6, 6.07) is 17.0. The topological polar surface area (TPSA) is 20.3 Å². The van der Waals surface area contributed by atoms with Gasteiger partial charge in [-0.1, -0.05) is 54.1 Å². The van der Waals surface area contributed by atoms with Crippen LogP contribution in [0.3, 0.4) is 0 Å². The second kappa shape index (κ2) is 6.35. The number of rotatable bonds is 3. The second-order valence-corrected chi connectivity index (χ2v) is 6.26. The first-order valence-corrected chi connectivity index (χ1v) is 8.05. The molecule has 3 rings (SSSR count). The van der Waals surface area contributed by atoms with Crippen LogP contribution in [0.5, 0.6) is 0 Å². The molecule has 0 saturated carbocycles. The maximum absolute atomic E-state index is 12.7. The zero-order chi connectivity index (χ0) is 15.5. The first-order chi connectivity index (χ1) is 10.6. The van der Waals surface area contributed by atoms with Gasteiger partial charge in [-0.15, -0.1) is 0 Å². The van der Waals surface area contributed by atoms with E-state index in [-0.39, 0.29) is 11.9 Å². The van der Waals surface area contributed by atoms with E-state index in [0.717, 1.165) is 24.9 Å². The van der Waals surface area contributed by atoms with Gasteiger partial charge < -0.3 is 4.90 Å². The molecule has 2 heteroatoms. The second-order valence-electron chi connectivity index (χ2n) is 6.26. The van der Waals surface area contributed by atoms with E-state index >= 15 is 0 Å². The van der Waals surface area contributed by atoms with Crippen LogP contribution in [0.25, 0.3) is 0 Å². The number of hydrogen-bond donors (Lipinski definition) is 0. The summed E-state index contributed by atoms with van der Waals surface area (Å²) in [5.74, 6) is 0.248. The molecule has 2 aromatic carbocycles. The number of hydrogen-bond acceptors (Lipinski definition) is 1. The highest BCUT2D eigenvalue weighted by molar-refractivity contribution is 5.80. The molecule has 114 valence electrons. The highest BCUT2D eigenvalue weighted by atomic mass is 16.2. The smallest absolute Gasteiger partial charge is 0.227 e. The SMILES string of the molecule is Cc1ccc(C2CCCN2C(=O)Cc2ccccc2C)cc1. The Morgan fingerprint density at radius 1 is 1.09 bits per heavy atom. The van der Waals surface area contributed by atoms with Gasteiger partial charge in [0.15, 0.2) is 0 Å². The van der Waals surface area contributed by atoms with E-state index in [2.05, 4.69) is 55.1 Å². The molecule has 0 radical (unpaired) electrons. The Hall–Kier alpha value is -2.09. The lowest BCUT2D eigenvalue weighted by Crippen LogP contribution is -2.32. The third kappa shape index (κ3) is 3.06. The van der Waals surface area contributed by atoms with Crippen LogP contribution in [-0.4, -0.2) is 17.4 Å². The minimum Gasteiger partial charge on any atom is -0.335 e. The van der Waals surface area contributed by atoms with Crippen molar-refractivity contribution < 1.29 is 4.79 Å². The van der Waals surface area contributed by atoms with Crippen molar-refractivity contribution in [3.05, 3.63) is 70.8 Å². The molecule has 0 aliphatic carbocycles. The Bertz CT molecular complexity index is 660. The van der Waals surface area contributed by atoms with Gasteiger partial charge in [0.25, 0.3) is 0 Å². The van der Waals surface area contributed by atoms with Gasteiger partial charge in [0.2, 0.25) is 5.91 Å². The number of aryl methyl sites for hydroxylation is 2. The maximum Gasteiger partial charge on any atom is 0.227 e. The Balaban J connectivity index is 1.76. The van der Waals surface area contributed by atoms with E-state index in [1.165, 1.54) is 16.7 Å². The summed E-state index contributed by atoms with van der Waals surface area (Å²) in [6.07, 6.45) is 2.68. The predicted molar refractivity (Wildman–Crippen MR) is 89.8 cm³/mol. The van der Waals surface area contributed by atoms with Gasteiger partial charge in [-0.3, -0.25) is 4.79 Å². The van der Waals surface area contributed by atoms with E-state index in [0.29, 0.717) is 6.42 Å². The highest BCUT2D eigenvalue weighted by Gasteiger charge is 2.29. The fraction of sp³-hybridized carbons (Fsp3) is 0.350. The van der Waals surface area contributed by atoms with Crippen molar-refractivity contribution in [2.45, 2.75) is 39.2 Å². The summed E-state index contributed by atoms with van der Waals surface area (Å²) in [6.45, 7) is 5.05.